The minimum atomic E-state index is -0.0942. The number of carbonyl (C=O) groups excluding carboxylic acids is 2. The Labute approximate surface area is 163 Å². The first kappa shape index (κ1) is 19.5. The van der Waals surface area contributed by atoms with Crippen LogP contribution in [0, 0.1) is 12.8 Å². The van der Waals surface area contributed by atoms with Gasteiger partial charge in [-0.2, -0.15) is 0 Å². The minimum absolute atomic E-state index is 0.0128. The number of rotatable bonds is 5. The SMILES string of the molecule is CC(=O)N[C@H](c1nccs1)C1CCN(C(=O)c2c(C(C)C)noc2C)CC1. The molecule has 0 aliphatic carbocycles. The third-order valence-electron chi connectivity index (χ3n) is 5.02. The van der Waals surface area contributed by atoms with Crippen molar-refractivity contribution in [2.75, 3.05) is 13.1 Å². The van der Waals surface area contributed by atoms with E-state index >= 15 is 0 Å². The zero-order chi connectivity index (χ0) is 19.6. The van der Waals surface area contributed by atoms with Crippen molar-refractivity contribution in [1.29, 1.82) is 0 Å². The molecule has 0 saturated carbocycles. The van der Waals surface area contributed by atoms with Crippen LogP contribution in [0.3, 0.4) is 0 Å². The molecule has 146 valence electrons. The molecule has 1 aliphatic rings. The highest BCUT2D eigenvalue weighted by molar-refractivity contribution is 7.09. The molecule has 0 spiro atoms. The largest absolute Gasteiger partial charge is 0.361 e. The molecule has 0 bridgehead atoms. The number of likely N-dealkylation sites (tertiary alicyclic amines) is 1. The Morgan fingerprint density at radius 2 is 2.04 bits per heavy atom. The summed E-state index contributed by atoms with van der Waals surface area (Å²) < 4.78 is 5.27. The summed E-state index contributed by atoms with van der Waals surface area (Å²) in [5.41, 5.74) is 1.32. The Balaban J connectivity index is 1.70. The summed E-state index contributed by atoms with van der Waals surface area (Å²) in [7, 11) is 0. The van der Waals surface area contributed by atoms with E-state index in [2.05, 4.69) is 15.5 Å². The van der Waals surface area contributed by atoms with Crippen LogP contribution < -0.4 is 5.32 Å². The smallest absolute Gasteiger partial charge is 0.259 e. The van der Waals surface area contributed by atoms with E-state index in [1.807, 2.05) is 24.1 Å². The molecule has 1 saturated heterocycles. The van der Waals surface area contributed by atoms with Crippen LogP contribution in [0.25, 0.3) is 0 Å². The van der Waals surface area contributed by atoms with E-state index < -0.39 is 0 Å². The lowest BCUT2D eigenvalue weighted by Crippen LogP contribution is -2.43. The Kier molecular flexibility index (Phi) is 5.94. The van der Waals surface area contributed by atoms with Gasteiger partial charge in [-0.3, -0.25) is 9.59 Å². The van der Waals surface area contributed by atoms with Crippen LogP contribution in [-0.4, -0.2) is 39.9 Å². The van der Waals surface area contributed by atoms with E-state index in [4.69, 9.17) is 4.52 Å². The first-order valence-corrected chi connectivity index (χ1v) is 10.2. The van der Waals surface area contributed by atoms with Gasteiger partial charge in [0.2, 0.25) is 5.91 Å². The molecule has 3 rings (SSSR count). The van der Waals surface area contributed by atoms with E-state index in [0.717, 1.165) is 23.5 Å². The van der Waals surface area contributed by atoms with Crippen LogP contribution in [0.2, 0.25) is 0 Å². The second-order valence-corrected chi connectivity index (χ2v) is 8.26. The van der Waals surface area contributed by atoms with Gasteiger partial charge in [0, 0.05) is 31.6 Å². The lowest BCUT2D eigenvalue weighted by molar-refractivity contribution is -0.120. The van der Waals surface area contributed by atoms with Crippen molar-refractivity contribution in [2.24, 2.45) is 5.92 Å². The van der Waals surface area contributed by atoms with Crippen molar-refractivity contribution in [3.63, 3.8) is 0 Å². The fraction of sp³-hybridized carbons (Fsp3) is 0.579. The number of carbonyl (C=O) groups is 2. The second kappa shape index (κ2) is 8.21. The van der Waals surface area contributed by atoms with Crippen molar-refractivity contribution in [3.05, 3.63) is 33.6 Å². The van der Waals surface area contributed by atoms with Crippen LogP contribution in [0.5, 0.6) is 0 Å². The van der Waals surface area contributed by atoms with Gasteiger partial charge in [0.15, 0.2) is 0 Å². The highest BCUT2D eigenvalue weighted by atomic mass is 32.1. The van der Waals surface area contributed by atoms with Gasteiger partial charge in [-0.1, -0.05) is 19.0 Å². The zero-order valence-electron chi connectivity index (χ0n) is 16.2. The van der Waals surface area contributed by atoms with Crippen molar-refractivity contribution in [3.8, 4) is 0 Å². The number of piperidine rings is 1. The highest BCUT2D eigenvalue weighted by Crippen LogP contribution is 2.33. The number of nitrogens with zero attached hydrogens (tertiary/aromatic N) is 3. The van der Waals surface area contributed by atoms with E-state index in [1.54, 1.807) is 24.5 Å². The molecule has 3 heterocycles. The molecule has 1 N–H and O–H groups in total. The van der Waals surface area contributed by atoms with Crippen LogP contribution in [0.4, 0.5) is 0 Å². The molecule has 0 unspecified atom stereocenters. The molecule has 2 aromatic heterocycles. The molecule has 0 radical (unpaired) electrons. The average Bonchev–Trinajstić information content (AvgIpc) is 3.29. The van der Waals surface area contributed by atoms with Crippen LogP contribution in [0.1, 0.15) is 72.4 Å². The third-order valence-corrected chi connectivity index (χ3v) is 5.88. The van der Waals surface area contributed by atoms with E-state index in [0.29, 0.717) is 24.4 Å². The standard InChI is InChI=1S/C19H26N4O3S/c1-11(2)16-15(12(3)26-22-16)19(25)23-8-5-14(6-9-23)17(21-13(4)24)18-20-7-10-27-18/h7,10-11,14,17H,5-6,8-9H2,1-4H3,(H,21,24)/t17-/m0/s1. The van der Waals surface area contributed by atoms with E-state index in [-0.39, 0.29) is 29.7 Å². The third kappa shape index (κ3) is 4.21. The maximum absolute atomic E-state index is 13.0. The molecule has 1 fully saturated rings. The predicted octanol–water partition coefficient (Wildman–Crippen LogP) is 3.29. The topological polar surface area (TPSA) is 88.3 Å². The zero-order valence-corrected chi connectivity index (χ0v) is 17.0. The first-order chi connectivity index (χ1) is 12.9. The second-order valence-electron chi connectivity index (χ2n) is 7.33. The Hall–Kier alpha value is -2.22. The van der Waals surface area contributed by atoms with Crippen LogP contribution in [-0.2, 0) is 4.79 Å². The van der Waals surface area contributed by atoms with Crippen molar-refractivity contribution < 1.29 is 14.1 Å². The number of nitrogens with one attached hydrogen (secondary N) is 1. The quantitative estimate of drug-likeness (QED) is 0.846. The molecule has 0 aromatic carbocycles. The molecule has 2 aromatic rings. The van der Waals surface area contributed by atoms with E-state index in [1.165, 1.54) is 6.92 Å². The van der Waals surface area contributed by atoms with Gasteiger partial charge in [-0.25, -0.2) is 4.98 Å². The molecule has 1 aliphatic heterocycles. The van der Waals surface area contributed by atoms with Crippen molar-refractivity contribution in [2.45, 2.75) is 52.5 Å². The molecule has 1 atom stereocenters. The summed E-state index contributed by atoms with van der Waals surface area (Å²) in [5, 5.41) is 9.95. The number of hydrogen-bond donors (Lipinski definition) is 1. The monoisotopic (exact) mass is 390 g/mol. The average molecular weight is 391 g/mol. The molecule has 7 nitrogen and oxygen atoms in total. The number of aromatic nitrogens is 2. The van der Waals surface area contributed by atoms with Gasteiger partial charge in [-0.05, 0) is 31.6 Å². The molecule has 8 heteroatoms. The number of aryl methyl sites for hydroxylation is 1. The lowest BCUT2D eigenvalue weighted by atomic mass is 9.89. The van der Waals surface area contributed by atoms with Gasteiger partial charge in [0.25, 0.3) is 5.91 Å². The van der Waals surface area contributed by atoms with Crippen molar-refractivity contribution >= 4 is 23.2 Å². The number of thiazole rings is 1. The molecule has 27 heavy (non-hydrogen) atoms. The Morgan fingerprint density at radius 3 is 2.59 bits per heavy atom. The fourth-order valence-corrected chi connectivity index (χ4v) is 4.41. The van der Waals surface area contributed by atoms with Crippen LogP contribution in [0.15, 0.2) is 16.1 Å². The summed E-state index contributed by atoms with van der Waals surface area (Å²) in [6, 6.07) is -0.0942. The summed E-state index contributed by atoms with van der Waals surface area (Å²) in [6.07, 6.45) is 3.39. The lowest BCUT2D eigenvalue weighted by Gasteiger charge is -2.35. The molecule has 2 amide bonds. The van der Waals surface area contributed by atoms with E-state index in [9.17, 15) is 9.59 Å². The minimum Gasteiger partial charge on any atom is -0.361 e. The highest BCUT2D eigenvalue weighted by Gasteiger charge is 2.33. The van der Waals surface area contributed by atoms with Crippen molar-refractivity contribution in [1.82, 2.24) is 20.4 Å². The van der Waals surface area contributed by atoms with Gasteiger partial charge in [0.05, 0.1) is 11.7 Å². The van der Waals surface area contributed by atoms with Gasteiger partial charge in [0.1, 0.15) is 16.3 Å². The summed E-state index contributed by atoms with van der Waals surface area (Å²) in [6.45, 7) is 8.62. The molecular weight excluding hydrogens is 364 g/mol. The van der Waals surface area contributed by atoms with Gasteiger partial charge < -0.3 is 14.7 Å². The summed E-state index contributed by atoms with van der Waals surface area (Å²) in [4.78, 5) is 30.9. The summed E-state index contributed by atoms with van der Waals surface area (Å²) in [5.74, 6) is 0.895. The Bertz CT molecular complexity index is 792. The fourth-order valence-electron chi connectivity index (χ4n) is 3.63. The first-order valence-electron chi connectivity index (χ1n) is 9.30. The Morgan fingerprint density at radius 1 is 1.33 bits per heavy atom. The summed E-state index contributed by atoms with van der Waals surface area (Å²) >= 11 is 1.55. The van der Waals surface area contributed by atoms with Gasteiger partial charge >= 0.3 is 0 Å². The maximum Gasteiger partial charge on any atom is 0.259 e. The molecular formula is C19H26N4O3S. The van der Waals surface area contributed by atoms with Crippen LogP contribution >= 0.6 is 11.3 Å². The predicted molar refractivity (Wildman–Crippen MR) is 103 cm³/mol. The number of amides is 2. The normalized spacial score (nSPS) is 16.6. The van der Waals surface area contributed by atoms with Gasteiger partial charge in [-0.15, -0.1) is 11.3 Å². The number of hydrogen-bond acceptors (Lipinski definition) is 6. The maximum atomic E-state index is 13.0.